The van der Waals surface area contributed by atoms with Crippen molar-refractivity contribution in [2.45, 2.75) is 4.21 Å². The minimum absolute atomic E-state index is 0.230. The fourth-order valence-electron chi connectivity index (χ4n) is 2.92. The van der Waals surface area contributed by atoms with E-state index in [2.05, 4.69) is 42.5 Å². The van der Waals surface area contributed by atoms with E-state index in [1.165, 1.54) is 0 Å². The monoisotopic (exact) mass is 467 g/mol. The summed E-state index contributed by atoms with van der Waals surface area (Å²) in [6, 6.07) is 10.8. The zero-order chi connectivity index (χ0) is 19.0. The molecule has 1 fully saturated rings. The van der Waals surface area contributed by atoms with Crippen LogP contribution in [0.4, 0.5) is 11.6 Å². The van der Waals surface area contributed by atoms with Gasteiger partial charge in [0.1, 0.15) is 4.21 Å². The molecule has 142 valence electrons. The first-order valence-corrected chi connectivity index (χ1v) is 11.5. The predicted octanol–water partition coefficient (Wildman–Crippen LogP) is 3.01. The molecular weight excluding hydrogens is 450 g/mol. The van der Waals surface area contributed by atoms with Crippen molar-refractivity contribution in [2.75, 3.05) is 42.8 Å². The van der Waals surface area contributed by atoms with Gasteiger partial charge in [0.2, 0.25) is 0 Å². The Balaban J connectivity index is 1.77. The van der Waals surface area contributed by atoms with Gasteiger partial charge in [0.15, 0.2) is 11.6 Å². The molecule has 0 atom stereocenters. The number of hydrogen-bond donors (Lipinski definition) is 1. The van der Waals surface area contributed by atoms with Crippen LogP contribution in [0.2, 0.25) is 0 Å². The molecular formula is C17H18BrN5O2S2. The van der Waals surface area contributed by atoms with Crippen LogP contribution in [-0.4, -0.2) is 56.5 Å². The van der Waals surface area contributed by atoms with Gasteiger partial charge in [0.05, 0.1) is 14.8 Å². The molecule has 4 rings (SSSR count). The molecule has 1 N–H and O–H groups in total. The van der Waals surface area contributed by atoms with E-state index in [9.17, 15) is 8.42 Å². The Kier molecular flexibility index (Phi) is 5.06. The standard InChI is InChI=1S/C17H18BrN5O2S2/c1-22-8-10-23(11-9-22)17-16(19-12-4-2-3-5-13(12)20-17)21-27(24,25)15-7-6-14(18)26-15/h2-7H,8-11H2,1H3,(H,19,21). The smallest absolute Gasteiger partial charge is 0.272 e. The number of piperazine rings is 1. The number of para-hydroxylation sites is 2. The number of likely N-dealkylation sites (N-methyl/N-ethyl adjacent to an activating group) is 1. The Morgan fingerprint density at radius 1 is 1.04 bits per heavy atom. The van der Waals surface area contributed by atoms with Crippen molar-refractivity contribution in [3.63, 3.8) is 0 Å². The van der Waals surface area contributed by atoms with E-state index in [0.717, 1.165) is 46.8 Å². The van der Waals surface area contributed by atoms with Crippen molar-refractivity contribution in [2.24, 2.45) is 0 Å². The summed E-state index contributed by atoms with van der Waals surface area (Å²) < 4.78 is 29.3. The Morgan fingerprint density at radius 2 is 1.70 bits per heavy atom. The van der Waals surface area contributed by atoms with Crippen molar-refractivity contribution >= 4 is 60.0 Å². The molecule has 1 aliphatic heterocycles. The second kappa shape index (κ2) is 7.34. The van der Waals surface area contributed by atoms with Crippen molar-refractivity contribution in [3.8, 4) is 0 Å². The number of fused-ring (bicyclic) bond motifs is 1. The van der Waals surface area contributed by atoms with Gasteiger partial charge in [-0.2, -0.15) is 0 Å². The minimum Gasteiger partial charge on any atom is -0.351 e. The molecule has 1 aromatic carbocycles. The van der Waals surface area contributed by atoms with Crippen LogP contribution in [0.15, 0.2) is 44.4 Å². The highest BCUT2D eigenvalue weighted by Gasteiger charge is 2.24. The maximum absolute atomic E-state index is 12.8. The lowest BCUT2D eigenvalue weighted by molar-refractivity contribution is 0.312. The lowest BCUT2D eigenvalue weighted by Gasteiger charge is -2.33. The molecule has 1 saturated heterocycles. The van der Waals surface area contributed by atoms with Gasteiger partial charge in [-0.3, -0.25) is 4.72 Å². The highest BCUT2D eigenvalue weighted by molar-refractivity contribution is 9.11. The zero-order valence-corrected chi connectivity index (χ0v) is 17.8. The number of rotatable bonds is 4. The summed E-state index contributed by atoms with van der Waals surface area (Å²) in [6.45, 7) is 3.31. The fraction of sp³-hybridized carbons (Fsp3) is 0.294. The molecule has 0 radical (unpaired) electrons. The van der Waals surface area contributed by atoms with Crippen LogP contribution in [0, 0.1) is 0 Å². The number of sulfonamides is 1. The maximum Gasteiger partial charge on any atom is 0.272 e. The SMILES string of the molecule is CN1CCN(c2nc3ccccc3nc2NS(=O)(=O)c2ccc(Br)s2)CC1. The van der Waals surface area contributed by atoms with Gasteiger partial charge in [-0.25, -0.2) is 18.4 Å². The van der Waals surface area contributed by atoms with E-state index in [1.54, 1.807) is 12.1 Å². The molecule has 10 heteroatoms. The first-order valence-electron chi connectivity index (χ1n) is 8.41. The summed E-state index contributed by atoms with van der Waals surface area (Å²) in [4.78, 5) is 13.6. The number of nitrogens with zero attached hydrogens (tertiary/aromatic N) is 4. The molecule has 0 saturated carbocycles. The van der Waals surface area contributed by atoms with E-state index in [0.29, 0.717) is 11.3 Å². The van der Waals surface area contributed by atoms with E-state index in [-0.39, 0.29) is 10.0 Å². The van der Waals surface area contributed by atoms with Crippen molar-refractivity contribution < 1.29 is 8.42 Å². The molecule has 0 bridgehead atoms. The molecule has 27 heavy (non-hydrogen) atoms. The van der Waals surface area contributed by atoms with E-state index in [1.807, 2.05) is 24.3 Å². The number of benzene rings is 1. The zero-order valence-electron chi connectivity index (χ0n) is 14.6. The van der Waals surface area contributed by atoms with Crippen LogP contribution in [-0.2, 0) is 10.0 Å². The van der Waals surface area contributed by atoms with E-state index >= 15 is 0 Å². The molecule has 7 nitrogen and oxygen atoms in total. The average molecular weight is 468 g/mol. The average Bonchev–Trinajstić information content (AvgIpc) is 3.09. The summed E-state index contributed by atoms with van der Waals surface area (Å²) >= 11 is 4.47. The minimum atomic E-state index is -3.73. The largest absolute Gasteiger partial charge is 0.351 e. The normalized spacial score (nSPS) is 16.0. The quantitative estimate of drug-likeness (QED) is 0.635. The number of aromatic nitrogens is 2. The van der Waals surface area contributed by atoms with Crippen LogP contribution in [0.1, 0.15) is 0 Å². The molecule has 0 unspecified atom stereocenters. The van der Waals surface area contributed by atoms with Gasteiger partial charge in [0, 0.05) is 26.2 Å². The predicted molar refractivity (Wildman–Crippen MR) is 112 cm³/mol. The third-order valence-electron chi connectivity index (χ3n) is 4.40. The number of anilines is 2. The maximum atomic E-state index is 12.8. The highest BCUT2D eigenvalue weighted by atomic mass is 79.9. The first kappa shape index (κ1) is 18.6. The lowest BCUT2D eigenvalue weighted by Crippen LogP contribution is -2.45. The molecule has 3 heterocycles. The van der Waals surface area contributed by atoms with Gasteiger partial charge in [-0.1, -0.05) is 12.1 Å². The van der Waals surface area contributed by atoms with E-state index < -0.39 is 10.0 Å². The van der Waals surface area contributed by atoms with E-state index in [4.69, 9.17) is 4.98 Å². The lowest BCUT2D eigenvalue weighted by atomic mass is 10.3. The molecule has 0 spiro atoms. The number of nitrogens with one attached hydrogen (secondary N) is 1. The van der Waals surface area contributed by atoms with Crippen LogP contribution in [0.3, 0.4) is 0 Å². The molecule has 1 aliphatic rings. The topological polar surface area (TPSA) is 78.4 Å². The highest BCUT2D eigenvalue weighted by Crippen LogP contribution is 2.31. The Morgan fingerprint density at radius 3 is 2.33 bits per heavy atom. The van der Waals surface area contributed by atoms with Crippen LogP contribution >= 0.6 is 27.3 Å². The molecule has 2 aromatic heterocycles. The Bertz CT molecular complexity index is 1080. The third kappa shape index (κ3) is 3.93. The van der Waals surface area contributed by atoms with Crippen LogP contribution in [0.25, 0.3) is 11.0 Å². The number of halogens is 1. The van der Waals surface area contributed by atoms with Crippen molar-refractivity contribution in [3.05, 3.63) is 40.2 Å². The fourth-order valence-corrected chi connectivity index (χ4v) is 5.93. The summed E-state index contributed by atoms with van der Waals surface area (Å²) in [7, 11) is -1.66. The molecule has 0 amide bonds. The van der Waals surface area contributed by atoms with Crippen LogP contribution in [0.5, 0.6) is 0 Å². The number of hydrogen-bond acceptors (Lipinski definition) is 7. The van der Waals surface area contributed by atoms with Gasteiger partial charge in [-0.05, 0) is 47.2 Å². The first-order chi connectivity index (χ1) is 12.9. The summed E-state index contributed by atoms with van der Waals surface area (Å²) in [5, 5.41) is 0. The number of thiophene rings is 1. The summed E-state index contributed by atoms with van der Waals surface area (Å²) in [5.74, 6) is 0.837. The van der Waals surface area contributed by atoms with Gasteiger partial charge in [-0.15, -0.1) is 11.3 Å². The van der Waals surface area contributed by atoms with Gasteiger partial charge >= 0.3 is 0 Å². The Hall–Kier alpha value is -1.75. The second-order valence-electron chi connectivity index (χ2n) is 6.34. The summed E-state index contributed by atoms with van der Waals surface area (Å²) in [6.07, 6.45) is 0. The van der Waals surface area contributed by atoms with Gasteiger partial charge in [0.25, 0.3) is 10.0 Å². The third-order valence-corrected chi connectivity index (χ3v) is 7.85. The summed E-state index contributed by atoms with van der Waals surface area (Å²) in [5.41, 5.74) is 1.40. The molecule has 3 aromatic rings. The van der Waals surface area contributed by atoms with Crippen molar-refractivity contribution in [1.29, 1.82) is 0 Å². The van der Waals surface area contributed by atoms with Crippen LogP contribution < -0.4 is 9.62 Å². The molecule has 0 aliphatic carbocycles. The second-order valence-corrected chi connectivity index (χ2v) is 10.7. The van der Waals surface area contributed by atoms with Gasteiger partial charge < -0.3 is 9.80 Å². The van der Waals surface area contributed by atoms with Crippen molar-refractivity contribution in [1.82, 2.24) is 14.9 Å². The Labute approximate surface area is 170 Å².